The molecule has 134 valence electrons. The third-order valence-electron chi connectivity index (χ3n) is 5.14. The van der Waals surface area contributed by atoms with Gasteiger partial charge in [-0.1, -0.05) is 11.6 Å². The minimum Gasteiger partial charge on any atom is -0.446 e. The zero-order valence-electron chi connectivity index (χ0n) is 14.5. The largest absolute Gasteiger partial charge is 0.446 e. The molecule has 2 aliphatic carbocycles. The lowest BCUT2D eigenvalue weighted by Crippen LogP contribution is -2.41. The molecule has 0 aliphatic heterocycles. The van der Waals surface area contributed by atoms with Gasteiger partial charge in [0.05, 0.1) is 17.3 Å². The fourth-order valence-corrected chi connectivity index (χ4v) is 4.28. The van der Waals surface area contributed by atoms with Crippen molar-refractivity contribution in [3.05, 3.63) is 28.9 Å². The molecule has 0 bridgehead atoms. The van der Waals surface area contributed by atoms with Gasteiger partial charge >= 0.3 is 6.09 Å². The van der Waals surface area contributed by atoms with Gasteiger partial charge in [-0.05, 0) is 51.3 Å². The van der Waals surface area contributed by atoms with E-state index in [1.54, 1.807) is 12.3 Å². The highest BCUT2D eigenvalue weighted by Gasteiger charge is 2.64. The number of alkyl carbamates (subject to hydrolysis) is 1. The molecule has 0 radical (unpaired) electrons. The van der Waals surface area contributed by atoms with Gasteiger partial charge in [-0.3, -0.25) is 5.10 Å². The molecule has 4 rings (SSSR count). The summed E-state index contributed by atoms with van der Waals surface area (Å²) in [6.07, 6.45) is 2.34. The Bertz CT molecular complexity index is 830. The van der Waals surface area contributed by atoms with Crippen LogP contribution in [-0.4, -0.2) is 33.0 Å². The smallest absolute Gasteiger partial charge is 0.407 e. The van der Waals surface area contributed by atoms with Crippen LogP contribution in [0.25, 0.3) is 10.9 Å². The van der Waals surface area contributed by atoms with Crippen molar-refractivity contribution in [1.29, 1.82) is 0 Å². The standard InChI is InChI=1S/C18H22ClN3O3/c1-17(2,3)21-16(23)25-15-10-6-18(24,7-11(10)15)13-4-9(19)5-14-12(13)8-20-22-14/h4-5,8,10-11,15,24H,6-7H2,1-3H3,(H,20,22)(H,21,23). The van der Waals surface area contributed by atoms with Gasteiger partial charge in [0.1, 0.15) is 6.10 Å². The maximum Gasteiger partial charge on any atom is 0.407 e. The third-order valence-corrected chi connectivity index (χ3v) is 5.36. The van der Waals surface area contributed by atoms with Gasteiger partial charge in [0.25, 0.3) is 0 Å². The first kappa shape index (κ1) is 16.7. The molecule has 1 amide bonds. The summed E-state index contributed by atoms with van der Waals surface area (Å²) < 4.78 is 5.52. The number of rotatable bonds is 2. The number of nitrogens with zero attached hydrogens (tertiary/aromatic N) is 1. The lowest BCUT2D eigenvalue weighted by molar-refractivity contribution is 0.0131. The molecule has 2 saturated carbocycles. The normalized spacial score (nSPS) is 31.0. The van der Waals surface area contributed by atoms with Crippen molar-refractivity contribution in [2.75, 3.05) is 0 Å². The average molecular weight is 364 g/mol. The zero-order valence-corrected chi connectivity index (χ0v) is 15.2. The fraction of sp³-hybridized carbons (Fsp3) is 0.556. The molecule has 2 aliphatic rings. The number of fused-ring (bicyclic) bond motifs is 2. The summed E-state index contributed by atoms with van der Waals surface area (Å²) in [6.45, 7) is 5.74. The topological polar surface area (TPSA) is 87.2 Å². The molecule has 6 nitrogen and oxygen atoms in total. The van der Waals surface area contributed by atoms with Crippen LogP contribution in [0.15, 0.2) is 18.3 Å². The summed E-state index contributed by atoms with van der Waals surface area (Å²) in [5.41, 5.74) is 0.334. The van der Waals surface area contributed by atoms with Gasteiger partial charge in [-0.15, -0.1) is 0 Å². The van der Waals surface area contributed by atoms with Crippen LogP contribution >= 0.6 is 11.6 Å². The number of H-pyrrole nitrogens is 1. The third kappa shape index (κ3) is 2.98. The maximum atomic E-state index is 11.9. The number of halogens is 1. The molecule has 1 aromatic heterocycles. The van der Waals surface area contributed by atoms with Gasteiger partial charge < -0.3 is 15.2 Å². The van der Waals surface area contributed by atoms with Crippen LogP contribution in [0.2, 0.25) is 5.02 Å². The number of amides is 1. The number of benzene rings is 1. The van der Waals surface area contributed by atoms with Crippen molar-refractivity contribution in [3.63, 3.8) is 0 Å². The van der Waals surface area contributed by atoms with Crippen molar-refractivity contribution in [3.8, 4) is 0 Å². The number of carbonyl (C=O) groups is 1. The maximum absolute atomic E-state index is 11.9. The SMILES string of the molecule is CC(C)(C)NC(=O)OC1C2CC(O)(c3cc(Cl)cc4[nH]ncc34)CC21. The van der Waals surface area contributed by atoms with E-state index >= 15 is 0 Å². The van der Waals surface area contributed by atoms with E-state index < -0.39 is 11.7 Å². The van der Waals surface area contributed by atoms with Crippen molar-refractivity contribution in [2.24, 2.45) is 11.8 Å². The Balaban J connectivity index is 1.48. The van der Waals surface area contributed by atoms with E-state index in [2.05, 4.69) is 15.5 Å². The van der Waals surface area contributed by atoms with Crippen LogP contribution in [0.4, 0.5) is 4.79 Å². The molecular weight excluding hydrogens is 342 g/mol. The molecule has 0 saturated heterocycles. The second-order valence-electron chi connectivity index (χ2n) is 8.30. The summed E-state index contributed by atoms with van der Waals surface area (Å²) in [7, 11) is 0. The highest BCUT2D eigenvalue weighted by Crippen LogP contribution is 2.61. The van der Waals surface area contributed by atoms with E-state index in [0.29, 0.717) is 17.9 Å². The zero-order chi connectivity index (χ0) is 18.0. The Labute approximate surface area is 150 Å². The Morgan fingerprint density at radius 3 is 2.72 bits per heavy atom. The number of aromatic amines is 1. The summed E-state index contributed by atoms with van der Waals surface area (Å²) >= 11 is 6.19. The van der Waals surface area contributed by atoms with Crippen molar-refractivity contribution in [1.82, 2.24) is 15.5 Å². The monoisotopic (exact) mass is 363 g/mol. The second-order valence-corrected chi connectivity index (χ2v) is 8.73. The minimum atomic E-state index is -0.956. The van der Waals surface area contributed by atoms with E-state index in [4.69, 9.17) is 16.3 Å². The van der Waals surface area contributed by atoms with Crippen LogP contribution in [-0.2, 0) is 10.3 Å². The molecule has 2 unspecified atom stereocenters. The molecule has 3 N–H and O–H groups in total. The molecule has 1 aromatic carbocycles. The number of hydrogen-bond donors (Lipinski definition) is 3. The lowest BCUT2D eigenvalue weighted by atomic mass is 9.86. The Kier molecular flexibility index (Phi) is 3.57. The Morgan fingerprint density at radius 2 is 2.08 bits per heavy atom. The number of carbonyl (C=O) groups excluding carboxylic acids is 1. The predicted molar refractivity (Wildman–Crippen MR) is 94.4 cm³/mol. The second kappa shape index (κ2) is 5.35. The first-order valence-electron chi connectivity index (χ1n) is 8.51. The number of nitrogens with one attached hydrogen (secondary N) is 2. The molecule has 25 heavy (non-hydrogen) atoms. The number of hydrogen-bond acceptors (Lipinski definition) is 4. The minimum absolute atomic E-state index is 0.110. The summed E-state index contributed by atoms with van der Waals surface area (Å²) in [6, 6.07) is 3.61. The van der Waals surface area contributed by atoms with Crippen LogP contribution in [0, 0.1) is 11.8 Å². The summed E-state index contributed by atoms with van der Waals surface area (Å²) in [5.74, 6) is 0.383. The van der Waals surface area contributed by atoms with E-state index in [-0.39, 0.29) is 23.5 Å². The van der Waals surface area contributed by atoms with E-state index in [1.165, 1.54) is 0 Å². The molecular formula is C18H22ClN3O3. The van der Waals surface area contributed by atoms with Crippen LogP contribution in [0.1, 0.15) is 39.2 Å². The van der Waals surface area contributed by atoms with Crippen molar-refractivity contribution < 1.29 is 14.6 Å². The highest BCUT2D eigenvalue weighted by atomic mass is 35.5. The van der Waals surface area contributed by atoms with Gasteiger partial charge in [-0.25, -0.2) is 4.79 Å². The highest BCUT2D eigenvalue weighted by molar-refractivity contribution is 6.31. The molecule has 2 atom stereocenters. The van der Waals surface area contributed by atoms with Crippen LogP contribution in [0.5, 0.6) is 0 Å². The van der Waals surface area contributed by atoms with Gasteiger partial charge in [0.15, 0.2) is 0 Å². The number of ether oxygens (including phenoxy) is 1. The lowest BCUT2D eigenvalue weighted by Gasteiger charge is -2.27. The summed E-state index contributed by atoms with van der Waals surface area (Å²) in [4.78, 5) is 11.9. The quantitative estimate of drug-likeness (QED) is 0.763. The van der Waals surface area contributed by atoms with Gasteiger partial charge in [0, 0.05) is 27.8 Å². The first-order chi connectivity index (χ1) is 11.7. The number of aromatic nitrogens is 2. The molecule has 2 aromatic rings. The predicted octanol–water partition coefficient (Wildman–Crippen LogP) is 3.34. The van der Waals surface area contributed by atoms with E-state index in [0.717, 1.165) is 16.5 Å². The molecule has 1 heterocycles. The fourth-order valence-electron chi connectivity index (χ4n) is 4.06. The van der Waals surface area contributed by atoms with Gasteiger partial charge in [-0.2, -0.15) is 5.10 Å². The van der Waals surface area contributed by atoms with E-state index in [9.17, 15) is 9.90 Å². The van der Waals surface area contributed by atoms with Gasteiger partial charge in [0.2, 0.25) is 0 Å². The summed E-state index contributed by atoms with van der Waals surface area (Å²) in [5, 5.41) is 22.4. The van der Waals surface area contributed by atoms with Crippen LogP contribution in [0.3, 0.4) is 0 Å². The molecule has 7 heteroatoms. The Morgan fingerprint density at radius 1 is 1.40 bits per heavy atom. The van der Waals surface area contributed by atoms with Crippen LogP contribution < -0.4 is 5.32 Å². The first-order valence-corrected chi connectivity index (χ1v) is 8.88. The Hall–Kier alpha value is -1.79. The van der Waals surface area contributed by atoms with Crippen molar-refractivity contribution in [2.45, 2.75) is 50.9 Å². The number of aliphatic hydroxyl groups is 1. The van der Waals surface area contributed by atoms with Crippen molar-refractivity contribution >= 4 is 28.6 Å². The molecule has 2 fully saturated rings. The average Bonchev–Trinajstić information content (AvgIpc) is 2.89. The molecule has 0 spiro atoms. The van der Waals surface area contributed by atoms with E-state index in [1.807, 2.05) is 26.8 Å².